The first-order chi connectivity index (χ1) is 5.88. The SMILES string of the molecule is CN1CCNCC1c1ncc[nH]1. The van der Waals surface area contributed by atoms with Gasteiger partial charge in [0.15, 0.2) is 0 Å². The summed E-state index contributed by atoms with van der Waals surface area (Å²) in [6.07, 6.45) is 3.68. The normalized spacial score (nSPS) is 25.9. The molecule has 2 rings (SSSR count). The number of piperazine rings is 1. The zero-order valence-corrected chi connectivity index (χ0v) is 7.25. The van der Waals surface area contributed by atoms with Crippen molar-refractivity contribution in [1.82, 2.24) is 20.2 Å². The second-order valence-corrected chi connectivity index (χ2v) is 3.17. The van der Waals surface area contributed by atoms with Crippen molar-refractivity contribution < 1.29 is 0 Å². The Bertz CT molecular complexity index is 231. The molecule has 1 aromatic heterocycles. The third kappa shape index (κ3) is 1.35. The summed E-state index contributed by atoms with van der Waals surface area (Å²) < 4.78 is 0. The van der Waals surface area contributed by atoms with Crippen molar-refractivity contribution in [2.45, 2.75) is 6.04 Å². The number of H-pyrrole nitrogens is 1. The fourth-order valence-corrected chi connectivity index (χ4v) is 1.57. The lowest BCUT2D eigenvalue weighted by atomic mass is 10.2. The van der Waals surface area contributed by atoms with Crippen LogP contribution in [0.2, 0.25) is 0 Å². The van der Waals surface area contributed by atoms with Gasteiger partial charge >= 0.3 is 0 Å². The zero-order chi connectivity index (χ0) is 8.39. The molecule has 4 nitrogen and oxygen atoms in total. The molecule has 1 unspecified atom stereocenters. The lowest BCUT2D eigenvalue weighted by Crippen LogP contribution is -2.44. The Morgan fingerprint density at radius 2 is 2.58 bits per heavy atom. The van der Waals surface area contributed by atoms with Crippen LogP contribution >= 0.6 is 0 Å². The van der Waals surface area contributed by atoms with Crippen molar-refractivity contribution >= 4 is 0 Å². The van der Waals surface area contributed by atoms with E-state index in [9.17, 15) is 0 Å². The average Bonchev–Trinajstić information content (AvgIpc) is 2.57. The summed E-state index contributed by atoms with van der Waals surface area (Å²) in [5.74, 6) is 1.06. The highest BCUT2D eigenvalue weighted by Crippen LogP contribution is 2.15. The molecule has 0 radical (unpaired) electrons. The highest BCUT2D eigenvalue weighted by molar-refractivity contribution is 4.98. The number of aromatic nitrogens is 2. The van der Waals surface area contributed by atoms with Crippen molar-refractivity contribution in [3.8, 4) is 0 Å². The van der Waals surface area contributed by atoms with E-state index in [1.54, 1.807) is 6.20 Å². The van der Waals surface area contributed by atoms with E-state index in [1.807, 2.05) is 6.20 Å². The molecular weight excluding hydrogens is 152 g/mol. The lowest BCUT2D eigenvalue weighted by molar-refractivity contribution is 0.195. The summed E-state index contributed by atoms with van der Waals surface area (Å²) in [6.45, 7) is 3.16. The number of nitrogens with zero attached hydrogens (tertiary/aromatic N) is 2. The molecule has 1 aromatic rings. The molecule has 0 amide bonds. The highest BCUT2D eigenvalue weighted by Gasteiger charge is 2.21. The zero-order valence-electron chi connectivity index (χ0n) is 7.25. The summed E-state index contributed by atoms with van der Waals surface area (Å²) in [7, 11) is 2.13. The minimum atomic E-state index is 0.411. The number of nitrogens with one attached hydrogen (secondary N) is 2. The predicted molar refractivity (Wildman–Crippen MR) is 46.8 cm³/mol. The van der Waals surface area contributed by atoms with Crippen LogP contribution in [0.3, 0.4) is 0 Å². The van der Waals surface area contributed by atoms with Gasteiger partial charge in [0, 0.05) is 32.0 Å². The molecule has 1 atom stereocenters. The molecule has 0 saturated carbocycles. The monoisotopic (exact) mass is 166 g/mol. The van der Waals surface area contributed by atoms with Crippen LogP contribution in [-0.4, -0.2) is 41.5 Å². The largest absolute Gasteiger partial charge is 0.347 e. The minimum absolute atomic E-state index is 0.411. The van der Waals surface area contributed by atoms with E-state index >= 15 is 0 Å². The van der Waals surface area contributed by atoms with Crippen LogP contribution in [-0.2, 0) is 0 Å². The van der Waals surface area contributed by atoms with E-state index in [1.165, 1.54) is 0 Å². The van der Waals surface area contributed by atoms with Crippen molar-refractivity contribution in [3.05, 3.63) is 18.2 Å². The smallest absolute Gasteiger partial charge is 0.124 e. The van der Waals surface area contributed by atoms with Gasteiger partial charge in [-0.1, -0.05) is 0 Å². The molecule has 1 aliphatic heterocycles. The first kappa shape index (κ1) is 7.76. The fraction of sp³-hybridized carbons (Fsp3) is 0.625. The molecule has 0 bridgehead atoms. The summed E-state index contributed by atoms with van der Waals surface area (Å²) >= 11 is 0. The predicted octanol–water partition coefficient (Wildman–Crippen LogP) is -0.0142. The topological polar surface area (TPSA) is 44.0 Å². The molecular formula is C8H14N4. The van der Waals surface area contributed by atoms with Crippen molar-refractivity contribution in [2.75, 3.05) is 26.7 Å². The molecule has 66 valence electrons. The number of rotatable bonds is 1. The maximum Gasteiger partial charge on any atom is 0.124 e. The van der Waals surface area contributed by atoms with Crippen LogP contribution in [0.25, 0.3) is 0 Å². The molecule has 1 fully saturated rings. The third-order valence-corrected chi connectivity index (χ3v) is 2.35. The molecule has 0 spiro atoms. The molecule has 2 N–H and O–H groups in total. The molecule has 1 saturated heterocycles. The van der Waals surface area contributed by atoms with E-state index in [0.717, 1.165) is 25.5 Å². The number of hydrogen-bond acceptors (Lipinski definition) is 3. The molecule has 0 aromatic carbocycles. The van der Waals surface area contributed by atoms with Crippen LogP contribution in [0, 0.1) is 0 Å². The first-order valence-electron chi connectivity index (χ1n) is 4.28. The van der Waals surface area contributed by atoms with Crippen LogP contribution in [0.1, 0.15) is 11.9 Å². The van der Waals surface area contributed by atoms with Gasteiger partial charge in [-0.25, -0.2) is 4.98 Å². The molecule has 12 heavy (non-hydrogen) atoms. The minimum Gasteiger partial charge on any atom is -0.347 e. The highest BCUT2D eigenvalue weighted by atomic mass is 15.2. The Kier molecular flexibility index (Phi) is 2.10. The Balaban J connectivity index is 2.11. The van der Waals surface area contributed by atoms with Crippen LogP contribution in [0.15, 0.2) is 12.4 Å². The van der Waals surface area contributed by atoms with Crippen molar-refractivity contribution in [2.24, 2.45) is 0 Å². The summed E-state index contributed by atoms with van der Waals surface area (Å²) in [4.78, 5) is 9.71. The van der Waals surface area contributed by atoms with E-state index in [0.29, 0.717) is 6.04 Å². The molecule has 4 heteroatoms. The van der Waals surface area contributed by atoms with Crippen LogP contribution < -0.4 is 5.32 Å². The van der Waals surface area contributed by atoms with E-state index in [-0.39, 0.29) is 0 Å². The molecule has 2 heterocycles. The van der Waals surface area contributed by atoms with Crippen molar-refractivity contribution in [3.63, 3.8) is 0 Å². The van der Waals surface area contributed by atoms with Crippen LogP contribution in [0.5, 0.6) is 0 Å². The van der Waals surface area contributed by atoms with Gasteiger partial charge in [0.05, 0.1) is 6.04 Å². The van der Waals surface area contributed by atoms with Gasteiger partial charge in [-0.3, -0.25) is 4.90 Å². The van der Waals surface area contributed by atoms with E-state index in [4.69, 9.17) is 0 Å². The maximum atomic E-state index is 4.25. The van der Waals surface area contributed by atoms with E-state index < -0.39 is 0 Å². The van der Waals surface area contributed by atoms with Gasteiger partial charge in [0.1, 0.15) is 5.82 Å². The quantitative estimate of drug-likeness (QED) is 0.616. The Morgan fingerprint density at radius 3 is 3.25 bits per heavy atom. The second-order valence-electron chi connectivity index (χ2n) is 3.17. The number of likely N-dealkylation sites (N-methyl/N-ethyl adjacent to an activating group) is 1. The van der Waals surface area contributed by atoms with Gasteiger partial charge < -0.3 is 10.3 Å². The number of hydrogen-bond donors (Lipinski definition) is 2. The maximum absolute atomic E-state index is 4.25. The van der Waals surface area contributed by atoms with E-state index in [2.05, 4.69) is 27.2 Å². The third-order valence-electron chi connectivity index (χ3n) is 2.35. The first-order valence-corrected chi connectivity index (χ1v) is 4.28. The number of aromatic amines is 1. The Hall–Kier alpha value is -0.870. The average molecular weight is 166 g/mol. The van der Waals surface area contributed by atoms with Crippen molar-refractivity contribution in [1.29, 1.82) is 0 Å². The summed E-state index contributed by atoms with van der Waals surface area (Å²) in [6, 6.07) is 0.411. The summed E-state index contributed by atoms with van der Waals surface area (Å²) in [5.41, 5.74) is 0. The van der Waals surface area contributed by atoms with Crippen LogP contribution in [0.4, 0.5) is 0 Å². The molecule has 0 aliphatic carbocycles. The fourth-order valence-electron chi connectivity index (χ4n) is 1.57. The summed E-state index contributed by atoms with van der Waals surface area (Å²) in [5, 5.41) is 3.35. The second kappa shape index (κ2) is 3.25. The van der Waals surface area contributed by atoms with Gasteiger partial charge in [-0.2, -0.15) is 0 Å². The lowest BCUT2D eigenvalue weighted by Gasteiger charge is -2.31. The standard InChI is InChI=1S/C8H14N4/c1-12-5-4-9-6-7(12)8-10-2-3-11-8/h2-3,7,9H,4-6H2,1H3,(H,10,11). The van der Waals surface area contributed by atoms with Gasteiger partial charge in [-0.15, -0.1) is 0 Å². The van der Waals surface area contributed by atoms with Gasteiger partial charge in [0.2, 0.25) is 0 Å². The van der Waals surface area contributed by atoms with Gasteiger partial charge in [-0.05, 0) is 7.05 Å². The number of imidazole rings is 1. The molecule has 1 aliphatic rings. The Labute approximate surface area is 72.0 Å². The van der Waals surface area contributed by atoms with Gasteiger partial charge in [0.25, 0.3) is 0 Å². The Morgan fingerprint density at radius 1 is 1.67 bits per heavy atom.